The van der Waals surface area contributed by atoms with Crippen LogP contribution in [0.15, 0.2) is 72.8 Å². The molecule has 0 aliphatic carbocycles. The van der Waals surface area contributed by atoms with Gasteiger partial charge < -0.3 is 14.5 Å². The van der Waals surface area contributed by atoms with E-state index in [-0.39, 0.29) is 12.4 Å². The van der Waals surface area contributed by atoms with Crippen molar-refractivity contribution in [2.24, 2.45) is 0 Å². The molecule has 0 atom stereocenters. The number of carbonyl (C=O) groups excluding carboxylic acids is 1. The Labute approximate surface area is 156 Å². The van der Waals surface area contributed by atoms with Crippen molar-refractivity contribution >= 4 is 17.0 Å². The molecule has 0 aliphatic rings. The molecule has 0 saturated carbocycles. The predicted octanol–water partition coefficient (Wildman–Crippen LogP) is 4.39. The third-order valence-electron chi connectivity index (χ3n) is 4.24. The number of aromatic nitrogens is 2. The van der Waals surface area contributed by atoms with E-state index in [0.717, 1.165) is 28.0 Å². The van der Waals surface area contributed by atoms with Crippen molar-refractivity contribution in [1.29, 1.82) is 0 Å². The third-order valence-corrected chi connectivity index (χ3v) is 4.24. The van der Waals surface area contributed by atoms with Gasteiger partial charge in [0.1, 0.15) is 5.82 Å². The summed E-state index contributed by atoms with van der Waals surface area (Å²) in [5, 5.41) is 0. The van der Waals surface area contributed by atoms with Gasteiger partial charge in [-0.2, -0.15) is 0 Å². The fraction of sp³-hybridized carbons (Fsp3) is 0.0909. The van der Waals surface area contributed by atoms with Gasteiger partial charge in [0.25, 0.3) is 0 Å². The van der Waals surface area contributed by atoms with E-state index in [0.29, 0.717) is 11.5 Å². The molecule has 0 unspecified atom stereocenters. The first kappa shape index (κ1) is 16.8. The van der Waals surface area contributed by atoms with Gasteiger partial charge in [-0.15, -0.1) is 0 Å². The normalized spacial score (nSPS) is 10.7. The number of esters is 1. The summed E-state index contributed by atoms with van der Waals surface area (Å²) in [6, 6.07) is 22.7. The Morgan fingerprint density at radius 1 is 0.963 bits per heavy atom. The third kappa shape index (κ3) is 3.67. The van der Waals surface area contributed by atoms with E-state index in [2.05, 4.69) is 9.97 Å². The van der Waals surface area contributed by atoms with Gasteiger partial charge in [-0.1, -0.05) is 42.5 Å². The molecule has 5 heteroatoms. The minimum Gasteiger partial charge on any atom is -0.493 e. The number of nitrogens with zero attached hydrogens (tertiary/aromatic N) is 1. The number of rotatable bonds is 5. The Kier molecular flexibility index (Phi) is 4.58. The number of aromatic amines is 1. The summed E-state index contributed by atoms with van der Waals surface area (Å²) in [4.78, 5) is 20.1. The SMILES string of the molecule is COc1cc(-c2nc3ccccc3[nH]2)ccc1OC(=O)Cc1ccccc1. The summed E-state index contributed by atoms with van der Waals surface area (Å²) < 4.78 is 10.9. The molecule has 1 N–H and O–H groups in total. The van der Waals surface area contributed by atoms with E-state index < -0.39 is 0 Å². The number of benzene rings is 3. The van der Waals surface area contributed by atoms with Crippen molar-refractivity contribution < 1.29 is 14.3 Å². The molecule has 0 fully saturated rings. The van der Waals surface area contributed by atoms with E-state index in [1.807, 2.05) is 66.7 Å². The van der Waals surface area contributed by atoms with Crippen LogP contribution in [0.4, 0.5) is 0 Å². The smallest absolute Gasteiger partial charge is 0.315 e. The Bertz CT molecular complexity index is 1050. The maximum absolute atomic E-state index is 12.2. The van der Waals surface area contributed by atoms with Gasteiger partial charge in [-0.25, -0.2) is 4.98 Å². The lowest BCUT2D eigenvalue weighted by molar-refractivity contribution is -0.133. The number of fused-ring (bicyclic) bond motifs is 1. The zero-order valence-corrected chi connectivity index (χ0v) is 14.8. The van der Waals surface area contributed by atoms with E-state index in [4.69, 9.17) is 9.47 Å². The molecule has 0 amide bonds. The summed E-state index contributed by atoms with van der Waals surface area (Å²) in [6.07, 6.45) is 0.204. The van der Waals surface area contributed by atoms with Gasteiger partial charge in [-0.3, -0.25) is 4.79 Å². The van der Waals surface area contributed by atoms with Crippen LogP contribution in [-0.4, -0.2) is 23.0 Å². The molecular weight excluding hydrogens is 340 g/mol. The molecule has 1 aromatic heterocycles. The van der Waals surface area contributed by atoms with Gasteiger partial charge >= 0.3 is 5.97 Å². The summed E-state index contributed by atoms with van der Waals surface area (Å²) in [6.45, 7) is 0. The van der Waals surface area contributed by atoms with Crippen molar-refractivity contribution in [2.45, 2.75) is 6.42 Å². The summed E-state index contributed by atoms with van der Waals surface area (Å²) in [7, 11) is 1.55. The standard InChI is InChI=1S/C22H18N2O3/c1-26-20-14-16(22-23-17-9-5-6-10-18(17)24-22)11-12-19(20)27-21(25)13-15-7-3-2-4-8-15/h2-12,14H,13H2,1H3,(H,23,24). The van der Waals surface area contributed by atoms with Crippen LogP contribution < -0.4 is 9.47 Å². The minimum absolute atomic E-state index is 0.204. The Morgan fingerprint density at radius 3 is 2.52 bits per heavy atom. The van der Waals surface area contributed by atoms with Gasteiger partial charge in [0.15, 0.2) is 11.5 Å². The molecule has 134 valence electrons. The first-order chi connectivity index (χ1) is 13.2. The number of para-hydroxylation sites is 2. The fourth-order valence-electron chi connectivity index (χ4n) is 2.91. The minimum atomic E-state index is -0.337. The van der Waals surface area contributed by atoms with Crippen LogP contribution in [-0.2, 0) is 11.2 Å². The van der Waals surface area contributed by atoms with Crippen molar-refractivity contribution in [3.63, 3.8) is 0 Å². The van der Waals surface area contributed by atoms with Crippen LogP contribution in [0.3, 0.4) is 0 Å². The number of hydrogen-bond acceptors (Lipinski definition) is 4. The van der Waals surface area contributed by atoms with Crippen LogP contribution in [0.1, 0.15) is 5.56 Å². The molecule has 0 saturated heterocycles. The second kappa shape index (κ2) is 7.33. The lowest BCUT2D eigenvalue weighted by Crippen LogP contribution is -2.11. The largest absolute Gasteiger partial charge is 0.493 e. The highest BCUT2D eigenvalue weighted by Crippen LogP contribution is 2.32. The van der Waals surface area contributed by atoms with Crippen LogP contribution in [0, 0.1) is 0 Å². The second-order valence-electron chi connectivity index (χ2n) is 6.10. The fourth-order valence-corrected chi connectivity index (χ4v) is 2.91. The number of methoxy groups -OCH3 is 1. The van der Waals surface area contributed by atoms with E-state index in [1.54, 1.807) is 13.2 Å². The number of H-pyrrole nitrogens is 1. The maximum Gasteiger partial charge on any atom is 0.315 e. The van der Waals surface area contributed by atoms with Gasteiger partial charge in [-0.05, 0) is 35.9 Å². The van der Waals surface area contributed by atoms with Gasteiger partial charge in [0.2, 0.25) is 0 Å². The number of ether oxygens (including phenoxy) is 2. The Balaban J connectivity index is 1.57. The molecule has 0 spiro atoms. The highest BCUT2D eigenvalue weighted by molar-refractivity contribution is 5.80. The molecule has 4 rings (SSSR count). The average Bonchev–Trinajstić information content (AvgIpc) is 3.13. The second-order valence-corrected chi connectivity index (χ2v) is 6.10. The average molecular weight is 358 g/mol. The molecule has 0 aliphatic heterocycles. The van der Waals surface area contributed by atoms with Crippen LogP contribution in [0.2, 0.25) is 0 Å². The molecule has 1 heterocycles. The molecule has 5 nitrogen and oxygen atoms in total. The lowest BCUT2D eigenvalue weighted by atomic mass is 10.1. The molecule has 3 aromatic carbocycles. The number of imidazole rings is 1. The van der Waals surface area contributed by atoms with E-state index in [1.165, 1.54) is 0 Å². The first-order valence-electron chi connectivity index (χ1n) is 8.61. The molecule has 0 radical (unpaired) electrons. The molecule has 27 heavy (non-hydrogen) atoms. The van der Waals surface area contributed by atoms with E-state index >= 15 is 0 Å². The quantitative estimate of drug-likeness (QED) is 0.425. The zero-order valence-electron chi connectivity index (χ0n) is 14.8. The van der Waals surface area contributed by atoms with Crippen molar-refractivity contribution in [1.82, 2.24) is 9.97 Å². The molecular formula is C22H18N2O3. The topological polar surface area (TPSA) is 64.2 Å². The van der Waals surface area contributed by atoms with Crippen molar-refractivity contribution in [2.75, 3.05) is 7.11 Å². The number of carbonyl (C=O) groups is 1. The molecule has 0 bridgehead atoms. The lowest BCUT2D eigenvalue weighted by Gasteiger charge is -2.10. The Morgan fingerprint density at radius 2 is 1.74 bits per heavy atom. The number of hydrogen-bond donors (Lipinski definition) is 1. The zero-order chi connectivity index (χ0) is 18.6. The van der Waals surface area contributed by atoms with Gasteiger partial charge in [0.05, 0.1) is 24.6 Å². The Hall–Kier alpha value is -3.60. The van der Waals surface area contributed by atoms with Gasteiger partial charge in [0, 0.05) is 5.56 Å². The van der Waals surface area contributed by atoms with Crippen LogP contribution >= 0.6 is 0 Å². The van der Waals surface area contributed by atoms with Crippen LogP contribution in [0.5, 0.6) is 11.5 Å². The summed E-state index contributed by atoms with van der Waals surface area (Å²) in [5.74, 6) is 1.26. The predicted molar refractivity (Wildman–Crippen MR) is 104 cm³/mol. The first-order valence-corrected chi connectivity index (χ1v) is 8.61. The van der Waals surface area contributed by atoms with Crippen molar-refractivity contribution in [3.8, 4) is 22.9 Å². The number of nitrogens with one attached hydrogen (secondary N) is 1. The van der Waals surface area contributed by atoms with Crippen molar-refractivity contribution in [3.05, 3.63) is 78.4 Å². The summed E-state index contributed by atoms with van der Waals surface area (Å²) >= 11 is 0. The highest BCUT2D eigenvalue weighted by Gasteiger charge is 2.13. The summed E-state index contributed by atoms with van der Waals surface area (Å²) in [5.41, 5.74) is 3.61. The van der Waals surface area contributed by atoms with Crippen LogP contribution in [0.25, 0.3) is 22.4 Å². The van der Waals surface area contributed by atoms with E-state index in [9.17, 15) is 4.79 Å². The maximum atomic E-state index is 12.2. The monoisotopic (exact) mass is 358 g/mol. The highest BCUT2D eigenvalue weighted by atomic mass is 16.6. The molecule has 4 aromatic rings.